The molecule has 1 saturated heterocycles. The Kier molecular flexibility index (Phi) is 5.53. The van der Waals surface area contributed by atoms with Crippen molar-refractivity contribution in [2.75, 3.05) is 25.0 Å². The highest BCUT2D eigenvalue weighted by atomic mass is 19.4. The molecular weight excluding hydrogens is 411 g/mol. The first-order valence-electron chi connectivity index (χ1n) is 9.78. The van der Waals surface area contributed by atoms with Crippen LogP contribution >= 0.6 is 0 Å². The normalized spacial score (nSPS) is 14.1. The van der Waals surface area contributed by atoms with Gasteiger partial charge in [0, 0.05) is 36.1 Å². The summed E-state index contributed by atoms with van der Waals surface area (Å²) in [6.07, 6.45) is 0.949. The first kappa shape index (κ1) is 20.7. The Bertz CT molecular complexity index is 1120. The fraction of sp³-hybridized carbons (Fsp3) is 0.286. The SMILES string of the molecule is O=C(NCC(F)(F)F)Nc1cccc(-c2cnc3cc(C(=O)N4CCCC4)ccn23)c1. The average Bonchev–Trinajstić information content (AvgIpc) is 3.41. The minimum absolute atomic E-state index is 0.0133. The predicted octanol–water partition coefficient (Wildman–Crippen LogP) is 3.92. The molecule has 3 amide bonds. The lowest BCUT2D eigenvalue weighted by molar-refractivity contribution is -0.122. The van der Waals surface area contributed by atoms with Gasteiger partial charge in [0.1, 0.15) is 12.2 Å². The van der Waals surface area contributed by atoms with Crippen molar-refractivity contribution < 1.29 is 22.8 Å². The van der Waals surface area contributed by atoms with Gasteiger partial charge in [-0.3, -0.25) is 9.20 Å². The quantitative estimate of drug-likeness (QED) is 0.657. The number of carbonyl (C=O) groups excluding carboxylic acids is 2. The van der Waals surface area contributed by atoms with Gasteiger partial charge in [0.15, 0.2) is 0 Å². The Balaban J connectivity index is 1.53. The molecule has 0 aliphatic carbocycles. The zero-order valence-corrected chi connectivity index (χ0v) is 16.4. The lowest BCUT2D eigenvalue weighted by Crippen LogP contribution is -2.36. The van der Waals surface area contributed by atoms with E-state index in [0.29, 0.717) is 22.5 Å². The zero-order valence-electron chi connectivity index (χ0n) is 16.4. The number of imidazole rings is 1. The fourth-order valence-corrected chi connectivity index (χ4v) is 3.54. The Labute approximate surface area is 175 Å². The monoisotopic (exact) mass is 431 g/mol. The van der Waals surface area contributed by atoms with Crippen molar-refractivity contribution >= 4 is 23.3 Å². The number of carbonyl (C=O) groups is 2. The van der Waals surface area contributed by atoms with Crippen LogP contribution in [0.5, 0.6) is 0 Å². The van der Waals surface area contributed by atoms with Crippen LogP contribution in [0.4, 0.5) is 23.7 Å². The molecule has 1 aliphatic rings. The molecule has 0 bridgehead atoms. The van der Waals surface area contributed by atoms with Crippen molar-refractivity contribution in [1.82, 2.24) is 19.6 Å². The second-order valence-corrected chi connectivity index (χ2v) is 7.29. The number of alkyl halides is 3. The number of hydrogen-bond donors (Lipinski definition) is 2. The molecule has 162 valence electrons. The number of halogens is 3. The third kappa shape index (κ3) is 4.79. The molecule has 2 aromatic heterocycles. The largest absolute Gasteiger partial charge is 0.405 e. The molecule has 1 aromatic carbocycles. The van der Waals surface area contributed by atoms with Crippen LogP contribution in [0.15, 0.2) is 48.8 Å². The van der Waals surface area contributed by atoms with Crippen LogP contribution in [0.2, 0.25) is 0 Å². The van der Waals surface area contributed by atoms with Gasteiger partial charge in [-0.2, -0.15) is 13.2 Å². The lowest BCUT2D eigenvalue weighted by Gasteiger charge is -2.15. The van der Waals surface area contributed by atoms with Crippen LogP contribution in [0.1, 0.15) is 23.2 Å². The summed E-state index contributed by atoms with van der Waals surface area (Å²) >= 11 is 0. The number of anilines is 1. The Morgan fingerprint density at radius 2 is 1.87 bits per heavy atom. The van der Waals surface area contributed by atoms with Crippen molar-refractivity contribution in [3.05, 3.63) is 54.4 Å². The molecule has 0 radical (unpaired) electrons. The van der Waals surface area contributed by atoms with E-state index in [-0.39, 0.29) is 5.91 Å². The fourth-order valence-electron chi connectivity index (χ4n) is 3.54. The molecule has 4 rings (SSSR count). The van der Waals surface area contributed by atoms with Crippen LogP contribution in [0.25, 0.3) is 16.9 Å². The maximum atomic E-state index is 12.6. The molecule has 3 heterocycles. The number of hydrogen-bond acceptors (Lipinski definition) is 3. The lowest BCUT2D eigenvalue weighted by atomic mass is 10.1. The van der Waals surface area contributed by atoms with E-state index in [4.69, 9.17) is 0 Å². The van der Waals surface area contributed by atoms with E-state index in [1.807, 2.05) is 9.30 Å². The van der Waals surface area contributed by atoms with Crippen LogP contribution in [-0.2, 0) is 0 Å². The second kappa shape index (κ2) is 8.29. The van der Waals surface area contributed by atoms with Gasteiger partial charge in [-0.15, -0.1) is 0 Å². The summed E-state index contributed by atoms with van der Waals surface area (Å²) in [6.45, 7) is 0.115. The molecule has 7 nitrogen and oxygen atoms in total. The van der Waals surface area contributed by atoms with Gasteiger partial charge in [0.05, 0.1) is 11.9 Å². The number of rotatable bonds is 4. The number of urea groups is 1. The highest BCUT2D eigenvalue weighted by Crippen LogP contribution is 2.25. The average molecular weight is 431 g/mol. The standard InChI is InChI=1S/C21H20F3N5O2/c22-21(23,24)13-26-20(31)27-16-5-3-4-14(10-16)17-12-25-18-11-15(6-9-29(17)18)19(30)28-7-1-2-8-28/h3-6,9-12H,1-2,7-8,13H2,(H2,26,27,31). The van der Waals surface area contributed by atoms with E-state index in [0.717, 1.165) is 31.6 Å². The number of aromatic nitrogens is 2. The molecule has 31 heavy (non-hydrogen) atoms. The van der Waals surface area contributed by atoms with E-state index in [1.54, 1.807) is 54.1 Å². The topological polar surface area (TPSA) is 78.7 Å². The third-order valence-electron chi connectivity index (χ3n) is 5.02. The summed E-state index contributed by atoms with van der Waals surface area (Å²) in [5.41, 5.74) is 2.94. The Morgan fingerprint density at radius 1 is 1.10 bits per heavy atom. The van der Waals surface area contributed by atoms with Crippen LogP contribution in [0.3, 0.4) is 0 Å². The molecule has 0 spiro atoms. The van der Waals surface area contributed by atoms with Gasteiger partial charge in [-0.25, -0.2) is 9.78 Å². The molecule has 1 aliphatic heterocycles. The molecule has 2 N–H and O–H groups in total. The number of benzene rings is 1. The summed E-state index contributed by atoms with van der Waals surface area (Å²) in [4.78, 5) is 30.5. The Morgan fingerprint density at radius 3 is 2.61 bits per heavy atom. The molecule has 0 saturated carbocycles. The number of pyridine rings is 1. The van der Waals surface area contributed by atoms with Crippen molar-refractivity contribution in [3.8, 4) is 11.3 Å². The maximum absolute atomic E-state index is 12.6. The molecule has 1 fully saturated rings. The van der Waals surface area contributed by atoms with Gasteiger partial charge >= 0.3 is 12.2 Å². The highest BCUT2D eigenvalue weighted by molar-refractivity contribution is 5.95. The number of likely N-dealkylation sites (tertiary alicyclic amines) is 1. The number of nitrogens with one attached hydrogen (secondary N) is 2. The van der Waals surface area contributed by atoms with E-state index < -0.39 is 18.8 Å². The third-order valence-corrected chi connectivity index (χ3v) is 5.02. The smallest absolute Gasteiger partial charge is 0.339 e. The molecular formula is C21H20F3N5O2. The highest BCUT2D eigenvalue weighted by Gasteiger charge is 2.27. The van der Waals surface area contributed by atoms with Gasteiger partial charge in [-0.05, 0) is 37.1 Å². The van der Waals surface area contributed by atoms with E-state index >= 15 is 0 Å². The van der Waals surface area contributed by atoms with Crippen molar-refractivity contribution in [2.45, 2.75) is 19.0 Å². The summed E-state index contributed by atoms with van der Waals surface area (Å²) < 4.78 is 38.5. The van der Waals surface area contributed by atoms with Crippen molar-refractivity contribution in [1.29, 1.82) is 0 Å². The van der Waals surface area contributed by atoms with E-state index in [2.05, 4.69) is 10.3 Å². The predicted molar refractivity (Wildman–Crippen MR) is 109 cm³/mol. The minimum Gasteiger partial charge on any atom is -0.339 e. The second-order valence-electron chi connectivity index (χ2n) is 7.29. The Hall–Kier alpha value is -3.56. The first-order chi connectivity index (χ1) is 14.8. The number of amides is 3. The molecule has 10 heteroatoms. The number of fused-ring (bicyclic) bond motifs is 1. The van der Waals surface area contributed by atoms with Gasteiger partial charge in [0.2, 0.25) is 0 Å². The van der Waals surface area contributed by atoms with Crippen LogP contribution < -0.4 is 10.6 Å². The van der Waals surface area contributed by atoms with Gasteiger partial charge < -0.3 is 15.5 Å². The summed E-state index contributed by atoms with van der Waals surface area (Å²) in [7, 11) is 0. The van der Waals surface area contributed by atoms with Crippen LogP contribution in [0, 0.1) is 0 Å². The number of nitrogens with zero attached hydrogens (tertiary/aromatic N) is 3. The summed E-state index contributed by atoms with van der Waals surface area (Å²) in [5.74, 6) is -0.0133. The molecule has 0 unspecified atom stereocenters. The van der Waals surface area contributed by atoms with Crippen molar-refractivity contribution in [3.63, 3.8) is 0 Å². The zero-order chi connectivity index (χ0) is 22.0. The van der Waals surface area contributed by atoms with E-state index in [1.165, 1.54) is 0 Å². The van der Waals surface area contributed by atoms with Crippen LogP contribution in [-0.4, -0.2) is 52.0 Å². The van der Waals surface area contributed by atoms with Gasteiger partial charge in [-0.1, -0.05) is 12.1 Å². The minimum atomic E-state index is -4.48. The van der Waals surface area contributed by atoms with E-state index in [9.17, 15) is 22.8 Å². The first-order valence-corrected chi connectivity index (χ1v) is 9.78. The summed E-state index contributed by atoms with van der Waals surface area (Å²) in [6, 6.07) is 9.22. The molecule has 3 aromatic rings. The van der Waals surface area contributed by atoms with Gasteiger partial charge in [0.25, 0.3) is 5.91 Å². The summed E-state index contributed by atoms with van der Waals surface area (Å²) in [5, 5.41) is 4.16. The maximum Gasteiger partial charge on any atom is 0.405 e. The molecule has 0 atom stereocenters. The van der Waals surface area contributed by atoms with Crippen molar-refractivity contribution in [2.24, 2.45) is 0 Å².